The standard InChI is InChI=1S/C20H29NO2/c1-21-12-10-18(11-13-21)23-19-9-5-6-16(14-19)15-20(22)17-7-3-2-4-8-17/h5-6,9,14,17-18H,2-4,7-8,10-13,15H2,1H3. The number of piperidine rings is 1. The molecule has 3 nitrogen and oxygen atoms in total. The molecule has 1 aromatic carbocycles. The maximum Gasteiger partial charge on any atom is 0.140 e. The van der Waals surface area contributed by atoms with Gasteiger partial charge >= 0.3 is 0 Å². The van der Waals surface area contributed by atoms with Gasteiger partial charge in [-0.3, -0.25) is 4.79 Å². The molecule has 1 heterocycles. The topological polar surface area (TPSA) is 29.5 Å². The maximum absolute atomic E-state index is 12.5. The molecule has 0 spiro atoms. The van der Waals surface area contributed by atoms with E-state index in [4.69, 9.17) is 4.74 Å². The highest BCUT2D eigenvalue weighted by Gasteiger charge is 2.21. The first-order valence-corrected chi connectivity index (χ1v) is 9.17. The van der Waals surface area contributed by atoms with Crippen molar-refractivity contribution in [2.75, 3.05) is 20.1 Å². The van der Waals surface area contributed by atoms with Crippen LogP contribution in [0, 0.1) is 5.92 Å². The number of carbonyl (C=O) groups excluding carboxylic acids is 1. The molecule has 0 unspecified atom stereocenters. The number of rotatable bonds is 5. The smallest absolute Gasteiger partial charge is 0.140 e. The van der Waals surface area contributed by atoms with Crippen molar-refractivity contribution in [2.45, 2.75) is 57.5 Å². The van der Waals surface area contributed by atoms with E-state index in [0.29, 0.717) is 24.2 Å². The third kappa shape index (κ3) is 4.81. The second-order valence-corrected chi connectivity index (χ2v) is 7.25. The Hall–Kier alpha value is -1.35. The summed E-state index contributed by atoms with van der Waals surface area (Å²) in [6, 6.07) is 8.17. The van der Waals surface area contributed by atoms with E-state index >= 15 is 0 Å². The van der Waals surface area contributed by atoms with Crippen LogP contribution in [0.2, 0.25) is 0 Å². The van der Waals surface area contributed by atoms with Crippen LogP contribution in [-0.4, -0.2) is 36.9 Å². The Labute approximate surface area is 140 Å². The lowest BCUT2D eigenvalue weighted by Crippen LogP contribution is -2.35. The van der Waals surface area contributed by atoms with Crippen LogP contribution in [0.1, 0.15) is 50.5 Å². The quantitative estimate of drug-likeness (QED) is 0.826. The van der Waals surface area contributed by atoms with Crippen LogP contribution < -0.4 is 4.74 Å². The van der Waals surface area contributed by atoms with Crippen LogP contribution >= 0.6 is 0 Å². The van der Waals surface area contributed by atoms with Crippen molar-refractivity contribution in [1.29, 1.82) is 0 Å². The van der Waals surface area contributed by atoms with Gasteiger partial charge in [0.2, 0.25) is 0 Å². The average molecular weight is 315 g/mol. The van der Waals surface area contributed by atoms with Crippen LogP contribution in [0.25, 0.3) is 0 Å². The molecule has 2 aliphatic rings. The zero-order chi connectivity index (χ0) is 16.1. The van der Waals surface area contributed by atoms with Crippen molar-refractivity contribution in [3.8, 4) is 5.75 Å². The van der Waals surface area contributed by atoms with Gasteiger partial charge in [-0.05, 0) is 50.4 Å². The summed E-state index contributed by atoms with van der Waals surface area (Å²) in [5.41, 5.74) is 1.10. The van der Waals surface area contributed by atoms with Crippen LogP contribution in [-0.2, 0) is 11.2 Å². The summed E-state index contributed by atoms with van der Waals surface area (Å²) in [5, 5.41) is 0. The lowest BCUT2D eigenvalue weighted by atomic mass is 9.84. The molecule has 0 bridgehead atoms. The maximum atomic E-state index is 12.5. The van der Waals surface area contributed by atoms with Crippen molar-refractivity contribution in [3.05, 3.63) is 29.8 Å². The van der Waals surface area contributed by atoms with E-state index in [-0.39, 0.29) is 0 Å². The molecular weight excluding hydrogens is 286 g/mol. The molecule has 0 radical (unpaired) electrons. The van der Waals surface area contributed by atoms with Gasteiger partial charge in [0, 0.05) is 25.4 Å². The second-order valence-electron chi connectivity index (χ2n) is 7.25. The summed E-state index contributed by atoms with van der Waals surface area (Å²) in [4.78, 5) is 14.8. The van der Waals surface area contributed by atoms with Gasteiger partial charge in [0.15, 0.2) is 0 Å². The monoisotopic (exact) mass is 315 g/mol. The van der Waals surface area contributed by atoms with E-state index in [1.54, 1.807) is 0 Å². The normalized spacial score (nSPS) is 21.3. The van der Waals surface area contributed by atoms with E-state index in [1.165, 1.54) is 19.3 Å². The predicted octanol–water partition coefficient (Wildman–Crippen LogP) is 3.85. The summed E-state index contributed by atoms with van der Waals surface area (Å²) < 4.78 is 6.13. The SMILES string of the molecule is CN1CCC(Oc2cccc(CC(=O)C3CCCCC3)c2)CC1. The highest BCUT2D eigenvalue weighted by Crippen LogP contribution is 2.26. The molecule has 1 saturated heterocycles. The third-order valence-electron chi connectivity index (χ3n) is 5.31. The average Bonchev–Trinajstić information content (AvgIpc) is 2.58. The van der Waals surface area contributed by atoms with Gasteiger partial charge in [-0.25, -0.2) is 0 Å². The van der Waals surface area contributed by atoms with Gasteiger partial charge in [-0.1, -0.05) is 31.4 Å². The Balaban J connectivity index is 1.55. The Morgan fingerprint density at radius 2 is 1.87 bits per heavy atom. The van der Waals surface area contributed by atoms with E-state index in [9.17, 15) is 4.79 Å². The van der Waals surface area contributed by atoms with E-state index in [1.807, 2.05) is 12.1 Å². The minimum absolute atomic E-state index is 0.294. The largest absolute Gasteiger partial charge is 0.490 e. The summed E-state index contributed by atoms with van der Waals surface area (Å²) >= 11 is 0. The number of ketones is 1. The first kappa shape index (κ1) is 16.5. The van der Waals surface area contributed by atoms with Gasteiger partial charge in [0.1, 0.15) is 17.6 Å². The third-order valence-corrected chi connectivity index (χ3v) is 5.31. The number of likely N-dealkylation sites (tertiary alicyclic amines) is 1. The Morgan fingerprint density at radius 3 is 2.61 bits per heavy atom. The number of hydrogen-bond donors (Lipinski definition) is 0. The number of nitrogens with zero attached hydrogens (tertiary/aromatic N) is 1. The molecule has 1 saturated carbocycles. The van der Waals surface area contributed by atoms with Crippen molar-refractivity contribution >= 4 is 5.78 Å². The summed E-state index contributed by atoms with van der Waals surface area (Å²) in [6.07, 6.45) is 8.96. The fourth-order valence-corrected chi connectivity index (χ4v) is 3.79. The fraction of sp³-hybridized carbons (Fsp3) is 0.650. The molecule has 1 aliphatic heterocycles. The van der Waals surface area contributed by atoms with Crippen LogP contribution in [0.5, 0.6) is 5.75 Å². The van der Waals surface area contributed by atoms with Crippen molar-refractivity contribution in [2.24, 2.45) is 5.92 Å². The molecule has 1 aromatic rings. The molecular formula is C20H29NO2. The summed E-state index contributed by atoms with van der Waals surface area (Å²) in [5.74, 6) is 1.64. The highest BCUT2D eigenvalue weighted by molar-refractivity contribution is 5.83. The minimum Gasteiger partial charge on any atom is -0.490 e. The van der Waals surface area contributed by atoms with Crippen LogP contribution in [0.15, 0.2) is 24.3 Å². The van der Waals surface area contributed by atoms with E-state index in [0.717, 1.165) is 50.1 Å². The Morgan fingerprint density at radius 1 is 1.13 bits per heavy atom. The lowest BCUT2D eigenvalue weighted by molar-refractivity contribution is -0.123. The first-order chi connectivity index (χ1) is 11.2. The molecule has 1 aliphatic carbocycles. The van der Waals surface area contributed by atoms with Gasteiger partial charge in [-0.2, -0.15) is 0 Å². The van der Waals surface area contributed by atoms with Gasteiger partial charge in [0.05, 0.1) is 0 Å². The first-order valence-electron chi connectivity index (χ1n) is 9.17. The lowest BCUT2D eigenvalue weighted by Gasteiger charge is -2.29. The molecule has 0 N–H and O–H groups in total. The van der Waals surface area contributed by atoms with E-state index < -0.39 is 0 Å². The minimum atomic E-state index is 0.294. The molecule has 0 amide bonds. The number of hydrogen-bond acceptors (Lipinski definition) is 3. The predicted molar refractivity (Wildman–Crippen MR) is 92.9 cm³/mol. The van der Waals surface area contributed by atoms with Crippen molar-refractivity contribution in [1.82, 2.24) is 4.90 Å². The van der Waals surface area contributed by atoms with Gasteiger partial charge in [0.25, 0.3) is 0 Å². The van der Waals surface area contributed by atoms with E-state index in [2.05, 4.69) is 24.1 Å². The van der Waals surface area contributed by atoms with Gasteiger partial charge in [-0.15, -0.1) is 0 Å². The Kier molecular flexibility index (Phi) is 5.71. The number of benzene rings is 1. The molecule has 3 heteroatoms. The van der Waals surface area contributed by atoms with Crippen molar-refractivity contribution in [3.63, 3.8) is 0 Å². The molecule has 2 fully saturated rings. The highest BCUT2D eigenvalue weighted by atomic mass is 16.5. The van der Waals surface area contributed by atoms with Gasteiger partial charge < -0.3 is 9.64 Å². The number of carbonyl (C=O) groups is 1. The molecule has 23 heavy (non-hydrogen) atoms. The molecule has 3 rings (SSSR count). The molecule has 0 aromatic heterocycles. The fourth-order valence-electron chi connectivity index (χ4n) is 3.79. The zero-order valence-corrected chi connectivity index (χ0v) is 14.3. The van der Waals surface area contributed by atoms with Crippen molar-refractivity contribution < 1.29 is 9.53 Å². The Bertz CT molecular complexity index is 514. The number of Topliss-reactive ketones (excluding diaryl/α,β-unsaturated/α-hetero) is 1. The second kappa shape index (κ2) is 7.96. The summed E-state index contributed by atoms with van der Waals surface area (Å²) in [6.45, 7) is 2.20. The number of ether oxygens (including phenoxy) is 1. The van der Waals surface area contributed by atoms with Crippen LogP contribution in [0.3, 0.4) is 0 Å². The van der Waals surface area contributed by atoms with Crippen LogP contribution in [0.4, 0.5) is 0 Å². The zero-order valence-electron chi connectivity index (χ0n) is 14.3. The molecule has 126 valence electrons. The summed E-state index contributed by atoms with van der Waals surface area (Å²) in [7, 11) is 2.16. The molecule has 0 atom stereocenters.